The molecule has 0 spiro atoms. The second kappa shape index (κ2) is 8.03. The van der Waals surface area contributed by atoms with E-state index in [1.165, 1.54) is 18.3 Å². The highest BCUT2D eigenvalue weighted by Crippen LogP contribution is 2.28. The van der Waals surface area contributed by atoms with Crippen LogP contribution in [0.3, 0.4) is 0 Å². The van der Waals surface area contributed by atoms with Crippen molar-refractivity contribution in [2.45, 2.75) is 6.92 Å². The summed E-state index contributed by atoms with van der Waals surface area (Å²) in [5.41, 5.74) is 3.31. The maximum Gasteiger partial charge on any atom is 0.277 e. The minimum Gasteiger partial charge on any atom is -0.508 e. The molecule has 0 radical (unpaired) electrons. The Bertz CT molecular complexity index is 773. The molecule has 0 heterocycles. The summed E-state index contributed by atoms with van der Waals surface area (Å²) >= 11 is 9.10. The van der Waals surface area contributed by atoms with E-state index >= 15 is 0 Å². The lowest BCUT2D eigenvalue weighted by Gasteiger charge is -2.07. The summed E-state index contributed by atoms with van der Waals surface area (Å²) < 4.78 is 5.98. The van der Waals surface area contributed by atoms with Gasteiger partial charge in [0.2, 0.25) is 0 Å². The number of nitrogens with zero attached hydrogens (tertiary/aromatic N) is 1. The number of hydrazone groups is 1. The van der Waals surface area contributed by atoms with Crippen molar-refractivity contribution in [3.63, 3.8) is 0 Å². The smallest absolute Gasteiger partial charge is 0.277 e. The summed E-state index contributed by atoms with van der Waals surface area (Å²) in [4.78, 5) is 11.7. The fourth-order valence-corrected chi connectivity index (χ4v) is 2.66. The Morgan fingerprint density at radius 3 is 2.79 bits per heavy atom. The van der Waals surface area contributed by atoms with E-state index in [0.717, 1.165) is 0 Å². The topological polar surface area (TPSA) is 91.1 Å². The second-order valence-corrected chi connectivity index (χ2v) is 6.14. The van der Waals surface area contributed by atoms with Crippen LogP contribution in [0, 0.1) is 6.92 Å². The molecule has 0 aliphatic heterocycles. The van der Waals surface area contributed by atoms with Gasteiger partial charge in [0, 0.05) is 16.7 Å². The molecule has 3 N–H and O–H groups in total. The summed E-state index contributed by atoms with van der Waals surface area (Å²) in [5, 5.41) is 23.4. The molecule has 126 valence electrons. The SMILES string of the molecule is Cc1cc(O)cc(O)c1/C=N/NC(=O)COc1ccc(Cl)cc1Br. The number of aromatic hydroxyl groups is 2. The highest BCUT2D eigenvalue weighted by atomic mass is 79.9. The third kappa shape index (κ3) is 4.87. The van der Waals surface area contributed by atoms with E-state index in [-0.39, 0.29) is 18.1 Å². The van der Waals surface area contributed by atoms with Gasteiger partial charge >= 0.3 is 0 Å². The lowest BCUT2D eigenvalue weighted by molar-refractivity contribution is -0.123. The summed E-state index contributed by atoms with van der Waals surface area (Å²) in [6, 6.07) is 7.61. The van der Waals surface area contributed by atoms with Crippen molar-refractivity contribution in [2.24, 2.45) is 5.10 Å². The maximum absolute atomic E-state index is 11.7. The van der Waals surface area contributed by atoms with Gasteiger partial charge in [0.25, 0.3) is 5.91 Å². The second-order valence-electron chi connectivity index (χ2n) is 4.85. The number of hydrogen-bond donors (Lipinski definition) is 3. The first kappa shape index (κ1) is 18.1. The van der Waals surface area contributed by atoms with Gasteiger partial charge in [0.05, 0.1) is 10.7 Å². The number of nitrogens with one attached hydrogen (secondary N) is 1. The Balaban J connectivity index is 1.91. The van der Waals surface area contributed by atoms with Crippen LogP contribution in [-0.2, 0) is 4.79 Å². The Hall–Kier alpha value is -2.25. The largest absolute Gasteiger partial charge is 0.508 e. The number of phenols is 2. The van der Waals surface area contributed by atoms with Gasteiger partial charge in [-0.15, -0.1) is 0 Å². The van der Waals surface area contributed by atoms with Crippen LogP contribution >= 0.6 is 27.5 Å². The molecule has 0 saturated heterocycles. The lowest BCUT2D eigenvalue weighted by atomic mass is 10.1. The van der Waals surface area contributed by atoms with Crippen LogP contribution in [0.5, 0.6) is 17.2 Å². The molecule has 0 atom stereocenters. The standard InChI is InChI=1S/C16H14BrClN2O4/c1-9-4-11(21)6-14(22)12(9)7-19-20-16(23)8-24-15-3-2-10(18)5-13(15)17/h2-7,21-22H,8H2,1H3,(H,20,23)/b19-7+. The molecular formula is C16H14BrClN2O4. The Morgan fingerprint density at radius 1 is 1.38 bits per heavy atom. The van der Waals surface area contributed by atoms with E-state index in [4.69, 9.17) is 16.3 Å². The van der Waals surface area contributed by atoms with E-state index in [1.807, 2.05) is 0 Å². The van der Waals surface area contributed by atoms with E-state index in [0.29, 0.717) is 26.4 Å². The minimum absolute atomic E-state index is 0.0480. The van der Waals surface area contributed by atoms with Gasteiger partial charge in [-0.3, -0.25) is 4.79 Å². The van der Waals surface area contributed by atoms with Crippen LogP contribution in [-0.4, -0.2) is 28.9 Å². The molecule has 8 heteroatoms. The zero-order valence-corrected chi connectivity index (χ0v) is 14.9. The Morgan fingerprint density at radius 2 is 2.12 bits per heavy atom. The number of ether oxygens (including phenoxy) is 1. The summed E-state index contributed by atoms with van der Waals surface area (Å²) in [7, 11) is 0. The summed E-state index contributed by atoms with van der Waals surface area (Å²) in [5.74, 6) is -0.172. The number of halogens is 2. The normalized spacial score (nSPS) is 10.8. The lowest BCUT2D eigenvalue weighted by Crippen LogP contribution is -2.24. The van der Waals surface area contributed by atoms with Crippen molar-refractivity contribution in [2.75, 3.05) is 6.61 Å². The zero-order chi connectivity index (χ0) is 17.7. The third-order valence-corrected chi connectivity index (χ3v) is 3.84. The molecule has 2 rings (SSSR count). The third-order valence-electron chi connectivity index (χ3n) is 2.99. The number of carbonyl (C=O) groups excluding carboxylic acids is 1. The predicted molar refractivity (Wildman–Crippen MR) is 94.9 cm³/mol. The van der Waals surface area contributed by atoms with Gasteiger partial charge in [-0.1, -0.05) is 11.6 Å². The first-order valence-corrected chi connectivity index (χ1v) is 7.96. The Labute approximate surface area is 151 Å². The van der Waals surface area contributed by atoms with Crippen molar-refractivity contribution in [3.05, 3.63) is 51.0 Å². The number of hydrogen-bond acceptors (Lipinski definition) is 5. The number of aryl methyl sites for hydroxylation is 1. The van der Waals surface area contributed by atoms with Gasteiger partial charge < -0.3 is 14.9 Å². The molecular weight excluding hydrogens is 400 g/mol. The van der Waals surface area contributed by atoms with Crippen LogP contribution in [0.15, 0.2) is 39.9 Å². The van der Waals surface area contributed by atoms with Crippen LogP contribution < -0.4 is 10.2 Å². The molecule has 1 amide bonds. The monoisotopic (exact) mass is 412 g/mol. The molecule has 0 aliphatic rings. The summed E-state index contributed by atoms with van der Waals surface area (Å²) in [6.45, 7) is 1.46. The number of rotatable bonds is 5. The molecule has 0 unspecified atom stereocenters. The molecule has 0 aliphatic carbocycles. The van der Waals surface area contributed by atoms with Gasteiger partial charge in [0.15, 0.2) is 6.61 Å². The number of amides is 1. The number of carbonyl (C=O) groups is 1. The zero-order valence-electron chi connectivity index (χ0n) is 12.6. The average molecular weight is 414 g/mol. The quantitative estimate of drug-likeness (QED) is 0.518. The first-order valence-electron chi connectivity index (χ1n) is 6.79. The number of benzene rings is 2. The van der Waals surface area contributed by atoms with Crippen molar-refractivity contribution >= 4 is 39.7 Å². The maximum atomic E-state index is 11.7. The van der Waals surface area contributed by atoms with Crippen molar-refractivity contribution in [1.82, 2.24) is 5.43 Å². The first-order chi connectivity index (χ1) is 11.4. The predicted octanol–water partition coefficient (Wildman–Crippen LogP) is 3.35. The van der Waals surface area contributed by atoms with Crippen LogP contribution in [0.25, 0.3) is 0 Å². The van der Waals surface area contributed by atoms with E-state index in [1.54, 1.807) is 25.1 Å². The highest BCUT2D eigenvalue weighted by molar-refractivity contribution is 9.10. The van der Waals surface area contributed by atoms with Crippen LogP contribution in [0.4, 0.5) is 0 Å². The van der Waals surface area contributed by atoms with E-state index in [9.17, 15) is 15.0 Å². The van der Waals surface area contributed by atoms with E-state index < -0.39 is 5.91 Å². The van der Waals surface area contributed by atoms with Crippen LogP contribution in [0.2, 0.25) is 5.02 Å². The molecule has 24 heavy (non-hydrogen) atoms. The summed E-state index contributed by atoms with van der Waals surface area (Å²) in [6.07, 6.45) is 1.29. The van der Waals surface area contributed by atoms with Gasteiger partial charge in [-0.2, -0.15) is 5.10 Å². The van der Waals surface area contributed by atoms with Gasteiger partial charge in [-0.05, 0) is 52.7 Å². The molecule has 6 nitrogen and oxygen atoms in total. The van der Waals surface area contributed by atoms with E-state index in [2.05, 4.69) is 26.5 Å². The number of phenolic OH excluding ortho intramolecular Hbond substituents is 2. The van der Waals surface area contributed by atoms with Gasteiger partial charge in [0.1, 0.15) is 17.2 Å². The van der Waals surface area contributed by atoms with Crippen molar-refractivity contribution in [3.8, 4) is 17.2 Å². The average Bonchev–Trinajstić information content (AvgIpc) is 2.49. The molecule has 2 aromatic rings. The van der Waals surface area contributed by atoms with Crippen molar-refractivity contribution in [1.29, 1.82) is 0 Å². The molecule has 0 saturated carbocycles. The fourth-order valence-electron chi connectivity index (χ4n) is 1.87. The highest BCUT2D eigenvalue weighted by Gasteiger charge is 2.07. The van der Waals surface area contributed by atoms with Crippen LogP contribution in [0.1, 0.15) is 11.1 Å². The fraction of sp³-hybridized carbons (Fsp3) is 0.125. The van der Waals surface area contributed by atoms with Crippen molar-refractivity contribution < 1.29 is 19.7 Å². The molecule has 0 bridgehead atoms. The van der Waals surface area contributed by atoms with Gasteiger partial charge in [-0.25, -0.2) is 5.43 Å². The minimum atomic E-state index is -0.468. The molecule has 2 aromatic carbocycles. The molecule has 0 fully saturated rings. The molecule has 0 aromatic heterocycles. The Kier molecular flexibility index (Phi) is 6.05.